The Morgan fingerprint density at radius 3 is 2.44 bits per heavy atom. The van der Waals surface area contributed by atoms with Crippen LogP contribution >= 0.6 is 22.6 Å². The van der Waals surface area contributed by atoms with Gasteiger partial charge in [-0.05, 0) is 47.6 Å². The van der Waals surface area contributed by atoms with Crippen LogP contribution in [0.5, 0.6) is 0 Å². The SMILES string of the molecule is O=C(Nc1cc(F)c(I)c(F)c1)C1CCCN1C(=O)OCC(F)(F)F. The van der Waals surface area contributed by atoms with Crippen molar-refractivity contribution in [2.75, 3.05) is 18.5 Å². The standard InChI is InChI=1S/C14H12F5IN2O3/c15-8-4-7(5-9(16)11(8)20)21-12(23)10-2-1-3-22(10)13(24)25-6-14(17,18)19/h4-5,10H,1-3,6H2,(H,21,23). The van der Waals surface area contributed by atoms with Gasteiger partial charge in [-0.2, -0.15) is 13.2 Å². The highest BCUT2D eigenvalue weighted by atomic mass is 127. The van der Waals surface area contributed by atoms with Crippen LogP contribution in [-0.4, -0.2) is 42.3 Å². The van der Waals surface area contributed by atoms with Crippen molar-refractivity contribution in [3.05, 3.63) is 27.3 Å². The van der Waals surface area contributed by atoms with Gasteiger partial charge in [0.2, 0.25) is 5.91 Å². The molecule has 1 fully saturated rings. The molecule has 1 unspecified atom stereocenters. The molecule has 0 saturated carbocycles. The second kappa shape index (κ2) is 7.70. The van der Waals surface area contributed by atoms with Crippen molar-refractivity contribution < 1.29 is 36.3 Å². The molecule has 25 heavy (non-hydrogen) atoms. The van der Waals surface area contributed by atoms with Gasteiger partial charge in [-0.15, -0.1) is 0 Å². The Kier molecular flexibility index (Phi) is 6.06. The first-order valence-electron chi connectivity index (χ1n) is 7.04. The lowest BCUT2D eigenvalue weighted by atomic mass is 10.2. The van der Waals surface area contributed by atoms with Crippen molar-refractivity contribution in [2.24, 2.45) is 0 Å². The van der Waals surface area contributed by atoms with Crippen LogP contribution in [0.1, 0.15) is 12.8 Å². The van der Waals surface area contributed by atoms with Crippen LogP contribution in [0, 0.1) is 15.2 Å². The van der Waals surface area contributed by atoms with Gasteiger partial charge in [0, 0.05) is 12.2 Å². The third-order valence-corrected chi connectivity index (χ3v) is 4.43. The third kappa shape index (κ3) is 5.16. The largest absolute Gasteiger partial charge is 0.440 e. The number of benzene rings is 1. The predicted molar refractivity (Wildman–Crippen MR) is 84.8 cm³/mol. The van der Waals surface area contributed by atoms with E-state index in [0.29, 0.717) is 6.42 Å². The minimum absolute atomic E-state index is 0.0458. The van der Waals surface area contributed by atoms with Gasteiger partial charge in [-0.3, -0.25) is 9.69 Å². The van der Waals surface area contributed by atoms with Gasteiger partial charge in [0.05, 0.1) is 3.57 Å². The minimum atomic E-state index is -4.68. The first-order valence-corrected chi connectivity index (χ1v) is 8.12. The molecule has 1 aliphatic rings. The molecular weight excluding hydrogens is 466 g/mol. The number of amides is 2. The summed E-state index contributed by atoms with van der Waals surface area (Å²) in [5.74, 6) is -2.51. The maximum Gasteiger partial charge on any atom is 0.422 e. The summed E-state index contributed by atoms with van der Waals surface area (Å²) in [6, 6.07) is 0.736. The summed E-state index contributed by atoms with van der Waals surface area (Å²) in [6.45, 7) is -1.71. The number of carbonyl (C=O) groups excluding carboxylic acids is 2. The van der Waals surface area contributed by atoms with Crippen LogP contribution in [0.4, 0.5) is 32.4 Å². The Morgan fingerprint density at radius 1 is 1.28 bits per heavy atom. The molecule has 1 saturated heterocycles. The molecule has 1 heterocycles. The number of anilines is 1. The molecule has 1 aromatic rings. The van der Waals surface area contributed by atoms with E-state index < -0.39 is 42.5 Å². The van der Waals surface area contributed by atoms with E-state index in [4.69, 9.17) is 0 Å². The fourth-order valence-electron chi connectivity index (χ4n) is 2.34. The van der Waals surface area contributed by atoms with Gasteiger partial charge in [-0.25, -0.2) is 13.6 Å². The molecule has 5 nitrogen and oxygen atoms in total. The summed E-state index contributed by atoms with van der Waals surface area (Å²) in [4.78, 5) is 24.8. The zero-order chi connectivity index (χ0) is 18.8. The van der Waals surface area contributed by atoms with Gasteiger partial charge < -0.3 is 10.1 Å². The number of hydrogen-bond acceptors (Lipinski definition) is 3. The van der Waals surface area contributed by atoms with E-state index in [0.717, 1.165) is 17.0 Å². The lowest BCUT2D eigenvalue weighted by Gasteiger charge is -2.23. The molecule has 0 aromatic heterocycles. The number of rotatable bonds is 3. The first kappa shape index (κ1) is 19.7. The monoisotopic (exact) mass is 478 g/mol. The van der Waals surface area contributed by atoms with Gasteiger partial charge >= 0.3 is 12.3 Å². The predicted octanol–water partition coefficient (Wildman–Crippen LogP) is 3.67. The highest BCUT2D eigenvalue weighted by molar-refractivity contribution is 14.1. The number of nitrogens with zero attached hydrogens (tertiary/aromatic N) is 1. The fraction of sp³-hybridized carbons (Fsp3) is 0.429. The van der Waals surface area contributed by atoms with Crippen molar-refractivity contribution in [3.63, 3.8) is 0 Å². The highest BCUT2D eigenvalue weighted by Crippen LogP contribution is 2.24. The van der Waals surface area contributed by atoms with Crippen LogP contribution in [0.15, 0.2) is 12.1 Å². The molecule has 1 atom stereocenters. The summed E-state index contributed by atoms with van der Waals surface area (Å²) in [5.41, 5.74) is -0.157. The normalized spacial score (nSPS) is 17.5. The van der Waals surface area contributed by atoms with Crippen LogP contribution < -0.4 is 5.32 Å². The molecule has 1 N–H and O–H groups in total. The second-order valence-electron chi connectivity index (χ2n) is 5.26. The summed E-state index contributed by atoms with van der Waals surface area (Å²) in [6.07, 6.45) is -5.37. The maximum atomic E-state index is 13.5. The van der Waals surface area contributed by atoms with E-state index in [1.54, 1.807) is 0 Å². The summed E-state index contributed by atoms with van der Waals surface area (Å²) in [7, 11) is 0. The third-order valence-electron chi connectivity index (χ3n) is 3.40. The summed E-state index contributed by atoms with van der Waals surface area (Å²) < 4.78 is 67.2. The van der Waals surface area contributed by atoms with Crippen LogP contribution in [-0.2, 0) is 9.53 Å². The molecule has 11 heteroatoms. The van der Waals surface area contributed by atoms with E-state index >= 15 is 0 Å². The van der Waals surface area contributed by atoms with Crippen molar-refractivity contribution >= 4 is 40.3 Å². The Labute approximate surface area is 152 Å². The van der Waals surface area contributed by atoms with Gasteiger partial charge in [0.25, 0.3) is 0 Å². The average molecular weight is 478 g/mol. The highest BCUT2D eigenvalue weighted by Gasteiger charge is 2.37. The number of alkyl halides is 3. The Hall–Kier alpha value is -1.66. The molecule has 2 amide bonds. The molecule has 0 aliphatic carbocycles. The molecular formula is C14H12F5IN2O3. The fourth-order valence-corrected chi connectivity index (χ4v) is 2.65. The number of likely N-dealkylation sites (tertiary alicyclic amines) is 1. The van der Waals surface area contributed by atoms with Crippen LogP contribution in [0.25, 0.3) is 0 Å². The zero-order valence-electron chi connectivity index (χ0n) is 12.5. The molecule has 138 valence electrons. The number of halogens is 6. The van der Waals surface area contributed by atoms with E-state index in [1.807, 2.05) is 0 Å². The number of carbonyl (C=O) groups is 2. The Morgan fingerprint density at radius 2 is 1.88 bits per heavy atom. The molecule has 0 spiro atoms. The van der Waals surface area contributed by atoms with Crippen LogP contribution in [0.2, 0.25) is 0 Å². The average Bonchev–Trinajstić information content (AvgIpc) is 2.99. The van der Waals surface area contributed by atoms with E-state index in [1.165, 1.54) is 22.6 Å². The molecule has 0 bridgehead atoms. The minimum Gasteiger partial charge on any atom is -0.440 e. The molecule has 1 aliphatic heterocycles. The summed E-state index contributed by atoms with van der Waals surface area (Å²) in [5, 5.41) is 2.26. The zero-order valence-corrected chi connectivity index (χ0v) is 14.7. The van der Waals surface area contributed by atoms with Gasteiger partial charge in [0.1, 0.15) is 17.7 Å². The first-order chi connectivity index (χ1) is 11.6. The molecule has 1 aromatic carbocycles. The van der Waals surface area contributed by atoms with Crippen molar-refractivity contribution in [3.8, 4) is 0 Å². The number of hydrogen-bond donors (Lipinski definition) is 1. The lowest BCUT2D eigenvalue weighted by molar-refractivity contribution is -0.162. The van der Waals surface area contributed by atoms with E-state index in [-0.39, 0.29) is 22.2 Å². The van der Waals surface area contributed by atoms with Crippen molar-refractivity contribution in [2.45, 2.75) is 25.1 Å². The second-order valence-corrected chi connectivity index (χ2v) is 6.34. The van der Waals surface area contributed by atoms with Crippen molar-refractivity contribution in [1.29, 1.82) is 0 Å². The van der Waals surface area contributed by atoms with Gasteiger partial charge in [0.15, 0.2) is 6.61 Å². The smallest absolute Gasteiger partial charge is 0.422 e. The van der Waals surface area contributed by atoms with E-state index in [2.05, 4.69) is 10.1 Å². The molecule has 2 rings (SSSR count). The topological polar surface area (TPSA) is 58.6 Å². The lowest BCUT2D eigenvalue weighted by Crippen LogP contribution is -2.44. The van der Waals surface area contributed by atoms with Gasteiger partial charge in [-0.1, -0.05) is 0 Å². The Balaban J connectivity index is 2.04. The van der Waals surface area contributed by atoms with Crippen molar-refractivity contribution in [1.82, 2.24) is 4.90 Å². The number of nitrogens with one attached hydrogen (secondary N) is 1. The Bertz CT molecular complexity index is 660. The van der Waals surface area contributed by atoms with Crippen LogP contribution in [0.3, 0.4) is 0 Å². The number of ether oxygens (including phenoxy) is 1. The quantitative estimate of drug-likeness (QED) is 0.410. The molecule has 0 radical (unpaired) electrons. The summed E-state index contributed by atoms with van der Waals surface area (Å²) >= 11 is 1.46. The maximum absolute atomic E-state index is 13.5. The van der Waals surface area contributed by atoms with E-state index in [9.17, 15) is 31.5 Å².